The molecule has 1 rings (SSSR count). The molecule has 0 heterocycles. The summed E-state index contributed by atoms with van der Waals surface area (Å²) in [6, 6.07) is 0.640. The monoisotopic (exact) mass is 370 g/mol. The number of carbonyl (C=O) groups excluding carboxylic acids is 2. The molecule has 1 aromatic rings. The van der Waals surface area contributed by atoms with Crippen molar-refractivity contribution in [3.8, 4) is 0 Å². The normalized spacial score (nSPS) is 11.3. The smallest absolute Gasteiger partial charge is 0.342 e. The van der Waals surface area contributed by atoms with E-state index in [0.717, 1.165) is 11.2 Å². The number of halogens is 4. The van der Waals surface area contributed by atoms with Crippen LogP contribution in [0.15, 0.2) is 21.8 Å². The van der Waals surface area contributed by atoms with Crippen LogP contribution in [0.25, 0.3) is 0 Å². The fourth-order valence-corrected chi connectivity index (χ4v) is 1.68. The SMILES string of the molecule is COC(=O)/C(=C\I)C(=O)c1cc(F)c(F)cc1F. The van der Waals surface area contributed by atoms with Crippen molar-refractivity contribution in [3.05, 3.63) is 44.8 Å². The zero-order valence-corrected chi connectivity index (χ0v) is 11.1. The van der Waals surface area contributed by atoms with Gasteiger partial charge in [0.05, 0.1) is 12.7 Å². The van der Waals surface area contributed by atoms with Crippen molar-refractivity contribution in [1.82, 2.24) is 0 Å². The van der Waals surface area contributed by atoms with Crippen molar-refractivity contribution in [2.24, 2.45) is 0 Å². The lowest BCUT2D eigenvalue weighted by atomic mass is 10.0. The fourth-order valence-electron chi connectivity index (χ4n) is 1.14. The summed E-state index contributed by atoms with van der Waals surface area (Å²) in [5.74, 6) is -6.11. The van der Waals surface area contributed by atoms with E-state index in [0.29, 0.717) is 6.07 Å². The van der Waals surface area contributed by atoms with Crippen molar-refractivity contribution >= 4 is 34.3 Å². The standard InChI is InChI=1S/C11H6F3IO3/c1-18-11(17)6(4-15)10(16)5-2-8(13)9(14)3-7(5)12/h2-4H,1H3/b6-4-. The molecule has 0 saturated heterocycles. The van der Waals surface area contributed by atoms with E-state index < -0.39 is 40.3 Å². The third kappa shape index (κ3) is 2.89. The molecule has 0 atom stereocenters. The second kappa shape index (κ2) is 5.98. The Morgan fingerprint density at radius 2 is 1.72 bits per heavy atom. The Bertz CT molecular complexity index is 541. The van der Waals surface area contributed by atoms with E-state index in [1.807, 2.05) is 0 Å². The third-order valence-corrected chi connectivity index (χ3v) is 2.64. The molecular weight excluding hydrogens is 364 g/mol. The first-order chi connectivity index (χ1) is 8.42. The van der Waals surface area contributed by atoms with E-state index in [-0.39, 0.29) is 6.07 Å². The van der Waals surface area contributed by atoms with Crippen LogP contribution in [0, 0.1) is 17.5 Å². The van der Waals surface area contributed by atoms with E-state index in [4.69, 9.17) is 0 Å². The first-order valence-electron chi connectivity index (χ1n) is 4.50. The molecule has 1 aromatic carbocycles. The summed E-state index contributed by atoms with van der Waals surface area (Å²) in [6.07, 6.45) is 0. The predicted octanol–water partition coefficient (Wildman–Crippen LogP) is 2.78. The number of hydrogen-bond donors (Lipinski definition) is 0. The molecule has 0 amide bonds. The Labute approximate surface area is 114 Å². The van der Waals surface area contributed by atoms with Gasteiger partial charge >= 0.3 is 5.97 Å². The summed E-state index contributed by atoms with van der Waals surface area (Å²) in [6.45, 7) is 0. The first kappa shape index (κ1) is 14.7. The van der Waals surface area contributed by atoms with Gasteiger partial charge in [0.2, 0.25) is 5.78 Å². The number of methoxy groups -OCH3 is 1. The maximum absolute atomic E-state index is 13.3. The largest absolute Gasteiger partial charge is 0.465 e. The molecule has 0 fully saturated rings. The summed E-state index contributed by atoms with van der Waals surface area (Å²) in [5, 5.41) is 0. The average molecular weight is 370 g/mol. The first-order valence-corrected chi connectivity index (χ1v) is 5.74. The molecular formula is C11H6F3IO3. The fraction of sp³-hybridized carbons (Fsp3) is 0.0909. The van der Waals surface area contributed by atoms with E-state index in [9.17, 15) is 22.8 Å². The van der Waals surface area contributed by atoms with Crippen LogP contribution in [0.5, 0.6) is 0 Å². The van der Waals surface area contributed by atoms with Crippen molar-refractivity contribution in [3.63, 3.8) is 0 Å². The van der Waals surface area contributed by atoms with Crippen molar-refractivity contribution in [1.29, 1.82) is 0 Å². The van der Waals surface area contributed by atoms with Crippen LogP contribution < -0.4 is 0 Å². The zero-order chi connectivity index (χ0) is 13.9. The molecule has 0 aliphatic heterocycles. The number of hydrogen-bond acceptors (Lipinski definition) is 3. The van der Waals surface area contributed by atoms with Crippen LogP contribution >= 0.6 is 22.6 Å². The number of rotatable bonds is 3. The molecule has 0 aromatic heterocycles. The quantitative estimate of drug-likeness (QED) is 0.156. The lowest BCUT2D eigenvalue weighted by Gasteiger charge is -2.05. The molecule has 96 valence electrons. The Balaban J connectivity index is 3.27. The van der Waals surface area contributed by atoms with Gasteiger partial charge in [0.25, 0.3) is 0 Å². The Morgan fingerprint density at radius 3 is 2.22 bits per heavy atom. The van der Waals surface area contributed by atoms with Gasteiger partial charge < -0.3 is 4.74 Å². The van der Waals surface area contributed by atoms with Crippen molar-refractivity contribution < 1.29 is 27.5 Å². The third-order valence-electron chi connectivity index (χ3n) is 2.01. The summed E-state index contributed by atoms with van der Waals surface area (Å²) in [7, 11) is 1.04. The molecule has 0 N–H and O–H groups in total. The second-order valence-electron chi connectivity index (χ2n) is 3.09. The van der Waals surface area contributed by atoms with Gasteiger partial charge in [-0.1, -0.05) is 22.6 Å². The maximum Gasteiger partial charge on any atom is 0.342 e. The lowest BCUT2D eigenvalue weighted by molar-refractivity contribution is -0.135. The van der Waals surface area contributed by atoms with Gasteiger partial charge in [-0.05, 0) is 10.1 Å². The summed E-state index contributed by atoms with van der Waals surface area (Å²) in [4.78, 5) is 23.0. The molecule has 18 heavy (non-hydrogen) atoms. The van der Waals surface area contributed by atoms with Crippen LogP contribution in [0.3, 0.4) is 0 Å². The highest BCUT2D eigenvalue weighted by molar-refractivity contribution is 14.1. The van der Waals surface area contributed by atoms with E-state index in [2.05, 4.69) is 4.74 Å². The molecule has 7 heteroatoms. The van der Waals surface area contributed by atoms with Crippen molar-refractivity contribution in [2.75, 3.05) is 7.11 Å². The van der Waals surface area contributed by atoms with Gasteiger partial charge in [0, 0.05) is 6.07 Å². The molecule has 0 spiro atoms. The number of carbonyl (C=O) groups is 2. The van der Waals surface area contributed by atoms with Crippen LogP contribution in [-0.2, 0) is 9.53 Å². The molecule has 0 aliphatic carbocycles. The van der Waals surface area contributed by atoms with Gasteiger partial charge in [-0.3, -0.25) is 4.79 Å². The minimum atomic E-state index is -1.41. The predicted molar refractivity (Wildman–Crippen MR) is 64.8 cm³/mol. The molecule has 0 aliphatic rings. The summed E-state index contributed by atoms with van der Waals surface area (Å²) in [5.41, 5.74) is -1.20. The minimum Gasteiger partial charge on any atom is -0.465 e. The van der Waals surface area contributed by atoms with Gasteiger partial charge in [0.1, 0.15) is 11.4 Å². The van der Waals surface area contributed by atoms with Crippen LogP contribution in [-0.4, -0.2) is 18.9 Å². The van der Waals surface area contributed by atoms with Gasteiger partial charge in [0.15, 0.2) is 11.6 Å². The molecule has 0 radical (unpaired) electrons. The van der Waals surface area contributed by atoms with Crippen LogP contribution in [0.2, 0.25) is 0 Å². The second-order valence-corrected chi connectivity index (χ2v) is 3.71. The average Bonchev–Trinajstić information content (AvgIpc) is 2.34. The Morgan fingerprint density at radius 1 is 1.17 bits per heavy atom. The van der Waals surface area contributed by atoms with Crippen LogP contribution in [0.1, 0.15) is 10.4 Å². The van der Waals surface area contributed by atoms with Gasteiger partial charge in [-0.25, -0.2) is 18.0 Å². The van der Waals surface area contributed by atoms with Gasteiger partial charge in [-0.15, -0.1) is 0 Å². The lowest BCUT2D eigenvalue weighted by Crippen LogP contribution is -2.16. The summed E-state index contributed by atoms with van der Waals surface area (Å²) >= 11 is 1.58. The number of benzene rings is 1. The maximum atomic E-state index is 13.3. The topological polar surface area (TPSA) is 43.4 Å². The number of ether oxygens (including phenoxy) is 1. The van der Waals surface area contributed by atoms with E-state index in [1.165, 1.54) is 0 Å². The zero-order valence-electron chi connectivity index (χ0n) is 8.97. The molecule has 0 unspecified atom stereocenters. The highest BCUT2D eigenvalue weighted by Crippen LogP contribution is 2.18. The number of ketones is 1. The summed E-state index contributed by atoms with van der Waals surface area (Å²) < 4.78 is 44.4. The van der Waals surface area contributed by atoms with E-state index >= 15 is 0 Å². The minimum absolute atomic E-state index is 0.241. The molecule has 0 saturated carbocycles. The van der Waals surface area contributed by atoms with Gasteiger partial charge in [-0.2, -0.15) is 0 Å². The Hall–Kier alpha value is -1.38. The Kier molecular flexibility index (Phi) is 4.88. The molecule has 3 nitrogen and oxygen atoms in total. The van der Waals surface area contributed by atoms with E-state index in [1.54, 1.807) is 22.6 Å². The highest BCUT2D eigenvalue weighted by atomic mass is 127. The van der Waals surface area contributed by atoms with Crippen LogP contribution in [0.4, 0.5) is 13.2 Å². The number of esters is 1. The molecule has 0 bridgehead atoms. The number of Topliss-reactive ketones (excluding diaryl/α,β-unsaturated/α-hetero) is 1. The van der Waals surface area contributed by atoms with Crippen molar-refractivity contribution in [2.45, 2.75) is 0 Å². The highest BCUT2D eigenvalue weighted by Gasteiger charge is 2.24.